The molecule has 0 saturated carbocycles. The molecule has 136 valence electrons. The summed E-state index contributed by atoms with van der Waals surface area (Å²) in [6, 6.07) is 0. The highest BCUT2D eigenvalue weighted by molar-refractivity contribution is 5.68. The van der Waals surface area contributed by atoms with E-state index in [9.17, 15) is 4.79 Å². The Labute approximate surface area is 143 Å². The van der Waals surface area contributed by atoms with Gasteiger partial charge < -0.3 is 9.47 Å². The first-order valence-electron chi connectivity index (χ1n) is 9.49. The van der Waals surface area contributed by atoms with Crippen LogP contribution in [-0.4, -0.2) is 26.3 Å². The molecule has 0 N–H and O–H groups in total. The lowest BCUT2D eigenvalue weighted by atomic mass is 10.0. The van der Waals surface area contributed by atoms with Gasteiger partial charge in [-0.3, -0.25) is 4.79 Å². The summed E-state index contributed by atoms with van der Waals surface area (Å²) in [5, 5.41) is 0. The Hall–Kier alpha value is -0.830. The average molecular weight is 327 g/mol. The molecule has 0 amide bonds. The maximum atomic E-state index is 11.0. The summed E-state index contributed by atoms with van der Waals surface area (Å²) in [7, 11) is 3.28. The van der Waals surface area contributed by atoms with E-state index < -0.39 is 0 Å². The number of unbranched alkanes of at least 4 members (excludes halogenated alkanes) is 8. The van der Waals surface area contributed by atoms with Crippen LogP contribution < -0.4 is 0 Å². The number of hydrogen-bond donors (Lipinski definition) is 0. The highest BCUT2D eigenvalue weighted by atomic mass is 16.5. The topological polar surface area (TPSA) is 35.5 Å². The van der Waals surface area contributed by atoms with E-state index in [-0.39, 0.29) is 5.97 Å². The second kappa shape index (κ2) is 17.5. The van der Waals surface area contributed by atoms with Gasteiger partial charge in [0.1, 0.15) is 0 Å². The van der Waals surface area contributed by atoms with E-state index in [1.54, 1.807) is 0 Å². The fraction of sp³-hybridized carbons (Fsp3) is 0.850. The van der Waals surface area contributed by atoms with Crippen molar-refractivity contribution in [1.29, 1.82) is 0 Å². The standard InChI is InChI=1S/C20H38O3/c1-4-5-6-7-10-13-16-19(22-2)17-14-11-8-9-12-15-18-20(21)23-3/h10,13,19H,4-9,11-12,14-18H2,1-3H3. The molecule has 1 unspecified atom stereocenters. The Morgan fingerprint density at radius 2 is 1.61 bits per heavy atom. The number of ether oxygens (including phenoxy) is 2. The van der Waals surface area contributed by atoms with Crippen molar-refractivity contribution in [3.05, 3.63) is 12.2 Å². The van der Waals surface area contributed by atoms with Gasteiger partial charge in [-0.1, -0.05) is 64.0 Å². The predicted molar refractivity (Wildman–Crippen MR) is 97.6 cm³/mol. The molecule has 0 fully saturated rings. The number of esters is 1. The molecule has 0 aliphatic rings. The molecular weight excluding hydrogens is 288 g/mol. The fourth-order valence-electron chi connectivity index (χ4n) is 2.66. The van der Waals surface area contributed by atoms with Gasteiger partial charge in [0, 0.05) is 13.5 Å². The third kappa shape index (κ3) is 15.8. The van der Waals surface area contributed by atoms with Gasteiger partial charge >= 0.3 is 5.97 Å². The van der Waals surface area contributed by atoms with E-state index in [0.29, 0.717) is 12.5 Å². The third-order valence-corrected chi connectivity index (χ3v) is 4.26. The van der Waals surface area contributed by atoms with Crippen molar-refractivity contribution in [2.75, 3.05) is 14.2 Å². The van der Waals surface area contributed by atoms with Crippen molar-refractivity contribution in [2.24, 2.45) is 0 Å². The molecule has 0 saturated heterocycles. The summed E-state index contributed by atoms with van der Waals surface area (Å²) >= 11 is 0. The van der Waals surface area contributed by atoms with Crippen LogP contribution in [0.4, 0.5) is 0 Å². The summed E-state index contributed by atoms with van der Waals surface area (Å²) in [4.78, 5) is 11.0. The van der Waals surface area contributed by atoms with Crippen LogP contribution in [0.5, 0.6) is 0 Å². The van der Waals surface area contributed by atoms with Crippen LogP contribution in [0.15, 0.2) is 12.2 Å². The van der Waals surface area contributed by atoms with Crippen LogP contribution in [0.25, 0.3) is 0 Å². The van der Waals surface area contributed by atoms with E-state index >= 15 is 0 Å². The third-order valence-electron chi connectivity index (χ3n) is 4.26. The second-order valence-corrected chi connectivity index (χ2v) is 6.30. The van der Waals surface area contributed by atoms with Crippen LogP contribution in [-0.2, 0) is 14.3 Å². The zero-order chi connectivity index (χ0) is 17.2. The molecule has 0 radical (unpaired) electrons. The van der Waals surface area contributed by atoms with Crippen LogP contribution in [0.3, 0.4) is 0 Å². The van der Waals surface area contributed by atoms with Gasteiger partial charge in [0.15, 0.2) is 0 Å². The first-order chi connectivity index (χ1) is 11.2. The van der Waals surface area contributed by atoms with Crippen LogP contribution >= 0.6 is 0 Å². The van der Waals surface area contributed by atoms with Crippen molar-refractivity contribution < 1.29 is 14.3 Å². The summed E-state index contributed by atoms with van der Waals surface area (Å²) in [6.45, 7) is 2.24. The van der Waals surface area contributed by atoms with Gasteiger partial charge in [-0.25, -0.2) is 0 Å². The van der Waals surface area contributed by atoms with Gasteiger partial charge in [0.05, 0.1) is 13.2 Å². The second-order valence-electron chi connectivity index (χ2n) is 6.30. The van der Waals surface area contributed by atoms with E-state index in [2.05, 4.69) is 23.8 Å². The zero-order valence-electron chi connectivity index (χ0n) is 15.6. The van der Waals surface area contributed by atoms with Gasteiger partial charge in [-0.05, 0) is 32.1 Å². The molecule has 1 atom stereocenters. The first-order valence-corrected chi connectivity index (χ1v) is 9.49. The zero-order valence-corrected chi connectivity index (χ0v) is 15.6. The Morgan fingerprint density at radius 1 is 0.913 bits per heavy atom. The molecule has 0 aromatic heterocycles. The fourth-order valence-corrected chi connectivity index (χ4v) is 2.66. The number of rotatable bonds is 16. The maximum Gasteiger partial charge on any atom is 0.305 e. The van der Waals surface area contributed by atoms with E-state index in [0.717, 1.165) is 25.7 Å². The molecule has 23 heavy (non-hydrogen) atoms. The highest BCUT2D eigenvalue weighted by Crippen LogP contribution is 2.13. The molecule has 0 aromatic carbocycles. The SMILES string of the molecule is CCCCCC=CCC(CCCCCCCCC(=O)OC)OC. The Bertz CT molecular complexity index is 287. The molecular formula is C20H38O3. The molecule has 0 bridgehead atoms. The maximum absolute atomic E-state index is 11.0. The van der Waals surface area contributed by atoms with Crippen LogP contribution in [0.2, 0.25) is 0 Å². The van der Waals surface area contributed by atoms with Crippen LogP contribution in [0, 0.1) is 0 Å². The van der Waals surface area contributed by atoms with Crippen LogP contribution in [0.1, 0.15) is 90.4 Å². The first kappa shape index (κ1) is 22.2. The lowest BCUT2D eigenvalue weighted by molar-refractivity contribution is -0.140. The van der Waals surface area contributed by atoms with E-state index in [1.807, 2.05) is 7.11 Å². The summed E-state index contributed by atoms with van der Waals surface area (Å²) in [5.74, 6) is -0.0873. The molecule has 0 aliphatic heterocycles. The Kier molecular flexibility index (Phi) is 16.9. The molecule has 3 heteroatoms. The summed E-state index contributed by atoms with van der Waals surface area (Å²) < 4.78 is 10.2. The van der Waals surface area contributed by atoms with Crippen molar-refractivity contribution in [3.8, 4) is 0 Å². The molecule has 0 aromatic rings. The van der Waals surface area contributed by atoms with Gasteiger partial charge in [-0.2, -0.15) is 0 Å². The molecule has 0 spiro atoms. The van der Waals surface area contributed by atoms with Crippen molar-refractivity contribution in [3.63, 3.8) is 0 Å². The predicted octanol–water partition coefficient (Wildman–Crippen LogP) is 5.82. The number of carbonyl (C=O) groups excluding carboxylic acids is 1. The number of methoxy groups -OCH3 is 2. The smallest absolute Gasteiger partial charge is 0.305 e. The number of hydrogen-bond acceptors (Lipinski definition) is 3. The summed E-state index contributed by atoms with van der Waals surface area (Å²) in [6.07, 6.45) is 19.9. The Morgan fingerprint density at radius 3 is 2.26 bits per heavy atom. The Balaban J connectivity index is 3.44. The minimum absolute atomic E-state index is 0.0873. The van der Waals surface area contributed by atoms with Crippen molar-refractivity contribution in [1.82, 2.24) is 0 Å². The normalized spacial score (nSPS) is 12.7. The molecule has 0 aliphatic carbocycles. The number of carbonyl (C=O) groups is 1. The monoisotopic (exact) mass is 326 g/mol. The van der Waals surface area contributed by atoms with Gasteiger partial charge in [-0.15, -0.1) is 0 Å². The molecule has 0 heterocycles. The lowest BCUT2D eigenvalue weighted by Gasteiger charge is -2.13. The lowest BCUT2D eigenvalue weighted by Crippen LogP contribution is -2.08. The quantitative estimate of drug-likeness (QED) is 0.204. The van der Waals surface area contributed by atoms with Crippen molar-refractivity contribution >= 4 is 5.97 Å². The molecule has 3 nitrogen and oxygen atoms in total. The summed E-state index contributed by atoms with van der Waals surface area (Å²) in [5.41, 5.74) is 0. The number of allylic oxidation sites excluding steroid dienone is 1. The van der Waals surface area contributed by atoms with Gasteiger partial charge in [0.2, 0.25) is 0 Å². The average Bonchev–Trinajstić information content (AvgIpc) is 2.57. The largest absolute Gasteiger partial charge is 0.469 e. The highest BCUT2D eigenvalue weighted by Gasteiger charge is 2.04. The van der Waals surface area contributed by atoms with E-state index in [1.165, 1.54) is 58.5 Å². The van der Waals surface area contributed by atoms with E-state index in [4.69, 9.17) is 4.74 Å². The minimum Gasteiger partial charge on any atom is -0.469 e. The minimum atomic E-state index is -0.0873. The molecule has 0 rings (SSSR count). The van der Waals surface area contributed by atoms with Crippen molar-refractivity contribution in [2.45, 2.75) is 96.5 Å². The van der Waals surface area contributed by atoms with Gasteiger partial charge in [0.25, 0.3) is 0 Å².